The Bertz CT molecular complexity index is 769. The Morgan fingerprint density at radius 2 is 1.56 bits per heavy atom. The summed E-state index contributed by atoms with van der Waals surface area (Å²) in [6.45, 7) is 3.85. The third-order valence-corrected chi connectivity index (χ3v) is 4.69. The Morgan fingerprint density at radius 3 is 2.15 bits per heavy atom. The van der Waals surface area contributed by atoms with Crippen LogP contribution in [0.1, 0.15) is 11.1 Å². The SMILES string of the molecule is Cc1ccccc1OC[C@H](COP(=O)(O)OCCN)Oc1ccccc1C. The summed E-state index contributed by atoms with van der Waals surface area (Å²) < 4.78 is 33.5. The van der Waals surface area contributed by atoms with Crippen molar-refractivity contribution in [2.24, 2.45) is 5.73 Å². The van der Waals surface area contributed by atoms with Crippen LogP contribution < -0.4 is 15.2 Å². The number of benzene rings is 2. The van der Waals surface area contributed by atoms with Crippen LogP contribution in [0, 0.1) is 13.8 Å². The molecule has 0 aromatic heterocycles. The van der Waals surface area contributed by atoms with E-state index in [1.165, 1.54) is 0 Å². The van der Waals surface area contributed by atoms with Gasteiger partial charge in [-0.2, -0.15) is 0 Å². The molecule has 0 amide bonds. The minimum absolute atomic E-state index is 0.0726. The number of ether oxygens (including phenoxy) is 2. The molecule has 0 heterocycles. The van der Waals surface area contributed by atoms with E-state index in [2.05, 4.69) is 0 Å². The van der Waals surface area contributed by atoms with Crippen LogP contribution in [0.2, 0.25) is 0 Å². The van der Waals surface area contributed by atoms with E-state index in [1.54, 1.807) is 0 Å². The summed E-state index contributed by atoms with van der Waals surface area (Å²) in [6.07, 6.45) is -0.618. The molecule has 2 rings (SSSR count). The van der Waals surface area contributed by atoms with Gasteiger partial charge in [-0.15, -0.1) is 0 Å². The molecular weight excluding hydrogens is 369 g/mol. The molecule has 0 bridgehead atoms. The number of hydrogen-bond acceptors (Lipinski definition) is 6. The highest BCUT2D eigenvalue weighted by atomic mass is 31.2. The molecule has 0 spiro atoms. The molecule has 2 atom stereocenters. The molecule has 0 aliphatic heterocycles. The molecular formula is C19H26NO6P. The maximum Gasteiger partial charge on any atom is 0.472 e. The highest BCUT2D eigenvalue weighted by molar-refractivity contribution is 7.47. The summed E-state index contributed by atoms with van der Waals surface area (Å²) in [7, 11) is -4.20. The monoisotopic (exact) mass is 395 g/mol. The molecule has 2 aromatic rings. The largest absolute Gasteiger partial charge is 0.489 e. The molecule has 0 fully saturated rings. The van der Waals surface area contributed by atoms with E-state index in [4.69, 9.17) is 24.3 Å². The van der Waals surface area contributed by atoms with Crippen LogP contribution >= 0.6 is 7.82 Å². The van der Waals surface area contributed by atoms with Crippen LogP contribution in [0.4, 0.5) is 0 Å². The summed E-state index contributed by atoms with van der Waals surface area (Å²) in [5.41, 5.74) is 7.19. The number of phosphoric ester groups is 1. The van der Waals surface area contributed by atoms with Gasteiger partial charge in [0, 0.05) is 6.54 Å². The first-order chi connectivity index (χ1) is 12.9. The Labute approximate surface area is 159 Å². The van der Waals surface area contributed by atoms with Crippen molar-refractivity contribution in [2.75, 3.05) is 26.4 Å². The molecule has 0 radical (unpaired) electrons. The van der Waals surface area contributed by atoms with Crippen molar-refractivity contribution in [1.29, 1.82) is 0 Å². The Morgan fingerprint density at radius 1 is 0.963 bits per heavy atom. The Hall–Kier alpha value is -1.89. The Kier molecular flexibility index (Phi) is 8.28. The zero-order valence-electron chi connectivity index (χ0n) is 15.5. The molecule has 8 heteroatoms. The molecule has 0 saturated carbocycles. The topological polar surface area (TPSA) is 100 Å². The molecule has 27 heavy (non-hydrogen) atoms. The second-order valence-corrected chi connectivity index (χ2v) is 7.42. The van der Waals surface area contributed by atoms with Gasteiger partial charge in [0.15, 0.2) is 6.10 Å². The average Bonchev–Trinajstić information content (AvgIpc) is 2.65. The highest BCUT2D eigenvalue weighted by Crippen LogP contribution is 2.43. The fourth-order valence-corrected chi connectivity index (χ4v) is 3.03. The van der Waals surface area contributed by atoms with Gasteiger partial charge in [0.05, 0.1) is 13.2 Å². The van der Waals surface area contributed by atoms with Crippen LogP contribution in [-0.4, -0.2) is 37.4 Å². The lowest BCUT2D eigenvalue weighted by Gasteiger charge is -2.22. The third kappa shape index (κ3) is 7.33. The maximum atomic E-state index is 11.9. The fraction of sp³-hybridized carbons (Fsp3) is 0.368. The minimum atomic E-state index is -4.20. The van der Waals surface area contributed by atoms with Crippen LogP contribution in [-0.2, 0) is 13.6 Å². The zero-order valence-corrected chi connectivity index (χ0v) is 16.4. The summed E-state index contributed by atoms with van der Waals surface area (Å²) >= 11 is 0. The van der Waals surface area contributed by atoms with Crippen molar-refractivity contribution in [3.05, 3.63) is 59.7 Å². The normalized spacial score (nSPS) is 14.4. The molecule has 1 unspecified atom stereocenters. The summed E-state index contributed by atoms with van der Waals surface area (Å²) in [5.74, 6) is 1.36. The van der Waals surface area contributed by atoms with Crippen molar-refractivity contribution < 1.29 is 28.0 Å². The zero-order chi connectivity index (χ0) is 19.7. The van der Waals surface area contributed by atoms with E-state index >= 15 is 0 Å². The van der Waals surface area contributed by atoms with Crippen molar-refractivity contribution in [3.63, 3.8) is 0 Å². The lowest BCUT2D eigenvalue weighted by atomic mass is 10.2. The number of aryl methyl sites for hydroxylation is 2. The van der Waals surface area contributed by atoms with Crippen molar-refractivity contribution in [1.82, 2.24) is 0 Å². The van der Waals surface area contributed by atoms with Crippen LogP contribution in [0.15, 0.2) is 48.5 Å². The van der Waals surface area contributed by atoms with Crippen LogP contribution in [0.25, 0.3) is 0 Å². The van der Waals surface area contributed by atoms with Crippen LogP contribution in [0.5, 0.6) is 11.5 Å². The van der Waals surface area contributed by atoms with Crippen molar-refractivity contribution in [3.8, 4) is 11.5 Å². The predicted octanol–water partition coefficient (Wildman–Crippen LogP) is 3.22. The highest BCUT2D eigenvalue weighted by Gasteiger charge is 2.24. The first-order valence-electron chi connectivity index (χ1n) is 8.64. The van der Waals surface area contributed by atoms with Gasteiger partial charge in [-0.3, -0.25) is 9.05 Å². The second kappa shape index (κ2) is 10.4. The molecule has 2 aromatic carbocycles. The standard InChI is InChI=1S/C19H26NO6P/c1-15-7-3-5-9-18(15)23-13-17(14-25-27(21,22)24-12-11-20)26-19-10-6-4-8-16(19)2/h3-10,17H,11-14,20H2,1-2H3,(H,21,22)/t17-/m1/s1. The lowest BCUT2D eigenvalue weighted by Crippen LogP contribution is -2.30. The van der Waals surface area contributed by atoms with Gasteiger partial charge in [0.2, 0.25) is 0 Å². The minimum Gasteiger partial charge on any atom is -0.489 e. The summed E-state index contributed by atoms with van der Waals surface area (Å²) in [4.78, 5) is 9.70. The number of phosphoric acid groups is 1. The first kappa shape index (κ1) is 21.4. The lowest BCUT2D eigenvalue weighted by molar-refractivity contribution is 0.0581. The molecule has 0 saturated heterocycles. The van der Waals surface area contributed by atoms with E-state index in [0.717, 1.165) is 11.1 Å². The Balaban J connectivity index is 2.04. The number of nitrogens with two attached hydrogens (primary N) is 1. The van der Waals surface area contributed by atoms with E-state index in [0.29, 0.717) is 11.5 Å². The average molecular weight is 395 g/mol. The quantitative estimate of drug-likeness (QED) is 0.564. The van der Waals surface area contributed by atoms with Gasteiger partial charge in [-0.25, -0.2) is 4.57 Å². The van der Waals surface area contributed by atoms with Crippen LogP contribution in [0.3, 0.4) is 0 Å². The smallest absolute Gasteiger partial charge is 0.472 e. The fourth-order valence-electron chi connectivity index (χ4n) is 2.27. The predicted molar refractivity (Wildman–Crippen MR) is 103 cm³/mol. The van der Waals surface area contributed by atoms with Crippen molar-refractivity contribution in [2.45, 2.75) is 20.0 Å². The molecule has 0 aliphatic rings. The van der Waals surface area contributed by atoms with E-state index in [1.807, 2.05) is 62.4 Å². The third-order valence-electron chi connectivity index (χ3n) is 3.70. The van der Waals surface area contributed by atoms with Gasteiger partial charge >= 0.3 is 7.82 Å². The summed E-state index contributed by atoms with van der Waals surface area (Å²) in [6, 6.07) is 15.1. The van der Waals surface area contributed by atoms with Gasteiger partial charge in [0.1, 0.15) is 18.1 Å². The number of hydrogen-bond donors (Lipinski definition) is 2. The molecule has 148 valence electrons. The first-order valence-corrected chi connectivity index (χ1v) is 10.1. The summed E-state index contributed by atoms with van der Waals surface area (Å²) in [5, 5.41) is 0. The molecule has 7 nitrogen and oxygen atoms in total. The van der Waals surface area contributed by atoms with E-state index < -0.39 is 13.9 Å². The van der Waals surface area contributed by atoms with Gasteiger partial charge in [0.25, 0.3) is 0 Å². The maximum absolute atomic E-state index is 11.9. The van der Waals surface area contributed by atoms with Gasteiger partial charge in [-0.1, -0.05) is 36.4 Å². The van der Waals surface area contributed by atoms with E-state index in [-0.39, 0.29) is 26.4 Å². The van der Waals surface area contributed by atoms with Gasteiger partial charge < -0.3 is 20.1 Å². The second-order valence-electron chi connectivity index (χ2n) is 5.97. The number of rotatable bonds is 11. The molecule has 0 aliphatic carbocycles. The van der Waals surface area contributed by atoms with Gasteiger partial charge in [-0.05, 0) is 37.1 Å². The molecule has 3 N–H and O–H groups in total. The number of para-hydroxylation sites is 2. The van der Waals surface area contributed by atoms with Crippen molar-refractivity contribution >= 4 is 7.82 Å². The van der Waals surface area contributed by atoms with E-state index in [9.17, 15) is 9.46 Å².